The highest BCUT2D eigenvalue weighted by Crippen LogP contribution is 2.23. The third-order valence-electron chi connectivity index (χ3n) is 2.74. The van der Waals surface area contributed by atoms with Crippen LogP contribution in [0.3, 0.4) is 0 Å². The number of nitrogens with one attached hydrogen (secondary N) is 1. The molecule has 1 rings (SSSR count). The second-order valence-electron chi connectivity index (χ2n) is 4.07. The van der Waals surface area contributed by atoms with Gasteiger partial charge in [0.15, 0.2) is 0 Å². The van der Waals surface area contributed by atoms with Gasteiger partial charge < -0.3 is 14.8 Å². The standard InChI is InChI=1S/C13H22N2O2/c1-10-8-15-12(11(2)13(10)17-4)9-14-6-5-7-16-3/h8,14H,5-7,9H2,1-4H3. The Balaban J connectivity index is 2.54. The van der Waals surface area contributed by atoms with Gasteiger partial charge in [-0.1, -0.05) is 0 Å². The highest BCUT2D eigenvalue weighted by Gasteiger charge is 2.08. The van der Waals surface area contributed by atoms with E-state index in [9.17, 15) is 0 Å². The van der Waals surface area contributed by atoms with Crippen LogP contribution in [0.2, 0.25) is 0 Å². The van der Waals surface area contributed by atoms with Gasteiger partial charge >= 0.3 is 0 Å². The summed E-state index contributed by atoms with van der Waals surface area (Å²) >= 11 is 0. The van der Waals surface area contributed by atoms with Gasteiger partial charge in [-0.25, -0.2) is 0 Å². The lowest BCUT2D eigenvalue weighted by Gasteiger charge is -2.12. The van der Waals surface area contributed by atoms with Gasteiger partial charge in [-0.05, 0) is 26.8 Å². The predicted molar refractivity (Wildman–Crippen MR) is 68.5 cm³/mol. The zero-order valence-corrected chi connectivity index (χ0v) is 11.2. The number of aromatic nitrogens is 1. The largest absolute Gasteiger partial charge is 0.496 e. The second kappa shape index (κ2) is 7.25. The molecule has 0 atom stereocenters. The molecule has 17 heavy (non-hydrogen) atoms. The van der Waals surface area contributed by atoms with Crippen LogP contribution in [0.15, 0.2) is 6.20 Å². The first-order valence-corrected chi connectivity index (χ1v) is 5.89. The number of methoxy groups -OCH3 is 2. The van der Waals surface area contributed by atoms with Crippen LogP contribution in [0.25, 0.3) is 0 Å². The van der Waals surface area contributed by atoms with Crippen LogP contribution in [0.1, 0.15) is 23.2 Å². The Hall–Kier alpha value is -1.13. The lowest BCUT2D eigenvalue weighted by atomic mass is 10.1. The molecule has 1 aromatic heterocycles. The maximum atomic E-state index is 5.37. The molecule has 0 bridgehead atoms. The smallest absolute Gasteiger partial charge is 0.128 e. The SMILES string of the molecule is COCCCNCc1ncc(C)c(OC)c1C. The summed E-state index contributed by atoms with van der Waals surface area (Å²) < 4.78 is 10.4. The van der Waals surface area contributed by atoms with E-state index < -0.39 is 0 Å². The Morgan fingerprint density at radius 3 is 2.71 bits per heavy atom. The third-order valence-corrected chi connectivity index (χ3v) is 2.74. The number of hydrogen-bond acceptors (Lipinski definition) is 4. The Bertz CT molecular complexity index is 354. The van der Waals surface area contributed by atoms with Crippen molar-refractivity contribution in [1.82, 2.24) is 10.3 Å². The van der Waals surface area contributed by atoms with Crippen molar-refractivity contribution in [3.63, 3.8) is 0 Å². The molecule has 1 aromatic rings. The summed E-state index contributed by atoms with van der Waals surface area (Å²) in [5.74, 6) is 0.939. The van der Waals surface area contributed by atoms with E-state index in [1.54, 1.807) is 14.2 Å². The number of pyridine rings is 1. The topological polar surface area (TPSA) is 43.4 Å². The summed E-state index contributed by atoms with van der Waals surface area (Å²) in [6, 6.07) is 0. The molecule has 0 aliphatic carbocycles. The number of nitrogens with zero attached hydrogens (tertiary/aromatic N) is 1. The molecule has 1 N–H and O–H groups in total. The predicted octanol–water partition coefficient (Wildman–Crippen LogP) is 1.83. The summed E-state index contributed by atoms with van der Waals surface area (Å²) in [7, 11) is 3.42. The monoisotopic (exact) mass is 238 g/mol. The van der Waals surface area contributed by atoms with Gasteiger partial charge in [0.25, 0.3) is 0 Å². The molecule has 96 valence electrons. The van der Waals surface area contributed by atoms with E-state index >= 15 is 0 Å². The summed E-state index contributed by atoms with van der Waals surface area (Å²) in [5, 5.41) is 3.35. The zero-order chi connectivity index (χ0) is 12.7. The van der Waals surface area contributed by atoms with Gasteiger partial charge in [0.1, 0.15) is 5.75 Å². The van der Waals surface area contributed by atoms with E-state index in [1.807, 2.05) is 20.0 Å². The minimum atomic E-state index is 0.770. The average molecular weight is 238 g/mol. The first-order chi connectivity index (χ1) is 8.20. The van der Waals surface area contributed by atoms with Crippen molar-refractivity contribution in [2.24, 2.45) is 0 Å². The number of rotatable bonds is 7. The average Bonchev–Trinajstić information content (AvgIpc) is 2.32. The fraction of sp³-hybridized carbons (Fsp3) is 0.615. The molecule has 1 heterocycles. The fourth-order valence-electron chi connectivity index (χ4n) is 1.80. The van der Waals surface area contributed by atoms with E-state index in [0.29, 0.717) is 0 Å². The molecular formula is C13H22N2O2. The second-order valence-corrected chi connectivity index (χ2v) is 4.07. The van der Waals surface area contributed by atoms with Crippen molar-refractivity contribution in [2.75, 3.05) is 27.4 Å². The Kier molecular flexibility index (Phi) is 5.94. The van der Waals surface area contributed by atoms with E-state index in [2.05, 4.69) is 10.3 Å². The van der Waals surface area contributed by atoms with Gasteiger partial charge in [0, 0.05) is 37.6 Å². The van der Waals surface area contributed by atoms with Crippen LogP contribution in [0.5, 0.6) is 5.75 Å². The van der Waals surface area contributed by atoms with Crippen molar-refractivity contribution in [3.8, 4) is 5.75 Å². The lowest BCUT2D eigenvalue weighted by molar-refractivity contribution is 0.194. The number of hydrogen-bond donors (Lipinski definition) is 1. The summed E-state index contributed by atoms with van der Waals surface area (Å²) in [6.07, 6.45) is 2.87. The van der Waals surface area contributed by atoms with Gasteiger partial charge in [0.05, 0.1) is 12.8 Å². The minimum absolute atomic E-state index is 0.770. The van der Waals surface area contributed by atoms with Crippen molar-refractivity contribution in [2.45, 2.75) is 26.8 Å². The molecule has 0 spiro atoms. The summed E-state index contributed by atoms with van der Waals surface area (Å²) in [4.78, 5) is 4.43. The molecule has 0 fully saturated rings. The first-order valence-electron chi connectivity index (χ1n) is 5.89. The van der Waals surface area contributed by atoms with Crippen molar-refractivity contribution >= 4 is 0 Å². The van der Waals surface area contributed by atoms with Gasteiger partial charge in [-0.15, -0.1) is 0 Å². The molecular weight excluding hydrogens is 216 g/mol. The maximum absolute atomic E-state index is 5.37. The quantitative estimate of drug-likeness (QED) is 0.736. The molecule has 0 saturated carbocycles. The van der Waals surface area contributed by atoms with Crippen LogP contribution in [-0.4, -0.2) is 32.4 Å². The van der Waals surface area contributed by atoms with Crippen molar-refractivity contribution in [1.29, 1.82) is 0 Å². The normalized spacial score (nSPS) is 10.6. The molecule has 0 amide bonds. The zero-order valence-electron chi connectivity index (χ0n) is 11.2. The Labute approximate surface area is 103 Å². The minimum Gasteiger partial charge on any atom is -0.496 e. The van der Waals surface area contributed by atoms with Crippen LogP contribution < -0.4 is 10.1 Å². The molecule has 4 nitrogen and oxygen atoms in total. The van der Waals surface area contributed by atoms with Crippen LogP contribution >= 0.6 is 0 Å². The van der Waals surface area contributed by atoms with Crippen LogP contribution in [-0.2, 0) is 11.3 Å². The molecule has 0 aliphatic rings. The van der Waals surface area contributed by atoms with Crippen LogP contribution in [0.4, 0.5) is 0 Å². The van der Waals surface area contributed by atoms with Crippen LogP contribution in [0, 0.1) is 13.8 Å². The number of ether oxygens (including phenoxy) is 2. The lowest BCUT2D eigenvalue weighted by Crippen LogP contribution is -2.18. The molecule has 0 aromatic carbocycles. The molecule has 4 heteroatoms. The first kappa shape index (κ1) is 13.9. The van der Waals surface area contributed by atoms with Crippen molar-refractivity contribution in [3.05, 3.63) is 23.0 Å². The highest BCUT2D eigenvalue weighted by atomic mass is 16.5. The highest BCUT2D eigenvalue weighted by molar-refractivity contribution is 5.40. The van der Waals surface area contributed by atoms with Gasteiger partial charge in [-0.3, -0.25) is 4.98 Å². The Morgan fingerprint density at radius 2 is 2.06 bits per heavy atom. The molecule has 0 aliphatic heterocycles. The van der Waals surface area contributed by atoms with Gasteiger partial charge in [0.2, 0.25) is 0 Å². The third kappa shape index (κ3) is 3.98. The molecule has 0 radical (unpaired) electrons. The Morgan fingerprint density at radius 1 is 1.29 bits per heavy atom. The van der Waals surface area contributed by atoms with Crippen molar-refractivity contribution < 1.29 is 9.47 Å². The van der Waals surface area contributed by atoms with Gasteiger partial charge in [-0.2, -0.15) is 0 Å². The number of aryl methyl sites for hydroxylation is 1. The fourth-order valence-corrected chi connectivity index (χ4v) is 1.80. The van der Waals surface area contributed by atoms with E-state index in [1.165, 1.54) is 0 Å². The summed E-state index contributed by atoms with van der Waals surface area (Å²) in [6.45, 7) is 6.55. The molecule has 0 unspecified atom stereocenters. The van der Waals surface area contributed by atoms with E-state index in [4.69, 9.17) is 9.47 Å². The summed E-state index contributed by atoms with van der Waals surface area (Å²) in [5.41, 5.74) is 3.24. The van der Waals surface area contributed by atoms with E-state index in [-0.39, 0.29) is 0 Å². The maximum Gasteiger partial charge on any atom is 0.128 e. The van der Waals surface area contributed by atoms with E-state index in [0.717, 1.165) is 48.7 Å². The molecule has 0 saturated heterocycles.